The van der Waals surface area contributed by atoms with Crippen molar-refractivity contribution < 1.29 is 2.85 Å². The SMILES string of the molecule is CCCCCNc1cc(Nc2ccn3ccnc3c2)nc(Nc2cc(CCC)ccn2)n1.[HH].[HH]. The molecule has 4 aromatic heterocycles. The molecule has 0 aliphatic heterocycles. The van der Waals surface area contributed by atoms with Gasteiger partial charge < -0.3 is 20.4 Å². The minimum absolute atomic E-state index is 0. The summed E-state index contributed by atoms with van der Waals surface area (Å²) in [6.07, 6.45) is 13.1. The van der Waals surface area contributed by atoms with Crippen molar-refractivity contribution in [3.63, 3.8) is 0 Å². The van der Waals surface area contributed by atoms with E-state index >= 15 is 0 Å². The van der Waals surface area contributed by atoms with Crippen molar-refractivity contribution in [2.45, 2.75) is 46.0 Å². The average molecular weight is 435 g/mol. The maximum absolute atomic E-state index is 4.67. The first kappa shape index (κ1) is 21.5. The zero-order valence-corrected chi connectivity index (χ0v) is 18.7. The zero-order chi connectivity index (χ0) is 22.2. The van der Waals surface area contributed by atoms with Crippen molar-refractivity contribution in [2.24, 2.45) is 0 Å². The Morgan fingerprint density at radius 1 is 0.844 bits per heavy atom. The summed E-state index contributed by atoms with van der Waals surface area (Å²) in [6, 6.07) is 9.99. The maximum Gasteiger partial charge on any atom is 0.232 e. The van der Waals surface area contributed by atoms with Crippen LogP contribution in [-0.2, 0) is 6.42 Å². The normalized spacial score (nSPS) is 10.9. The Morgan fingerprint density at radius 3 is 2.62 bits per heavy atom. The number of pyridine rings is 2. The van der Waals surface area contributed by atoms with Crippen molar-refractivity contribution in [3.05, 3.63) is 60.7 Å². The van der Waals surface area contributed by atoms with Crippen LogP contribution >= 0.6 is 0 Å². The molecule has 0 unspecified atom stereocenters. The molecular formula is C24H34N8. The van der Waals surface area contributed by atoms with Gasteiger partial charge >= 0.3 is 0 Å². The van der Waals surface area contributed by atoms with E-state index in [4.69, 9.17) is 0 Å². The Bertz CT molecular complexity index is 1160. The third kappa shape index (κ3) is 5.72. The van der Waals surface area contributed by atoms with Crippen molar-refractivity contribution in [1.29, 1.82) is 0 Å². The Labute approximate surface area is 191 Å². The summed E-state index contributed by atoms with van der Waals surface area (Å²) in [5.41, 5.74) is 3.02. The van der Waals surface area contributed by atoms with E-state index in [-0.39, 0.29) is 2.85 Å². The minimum atomic E-state index is 0. The predicted octanol–water partition coefficient (Wildman–Crippen LogP) is 6.05. The van der Waals surface area contributed by atoms with Gasteiger partial charge in [-0.15, -0.1) is 0 Å². The monoisotopic (exact) mass is 434 g/mol. The highest BCUT2D eigenvalue weighted by molar-refractivity contribution is 5.65. The molecule has 0 aliphatic carbocycles. The molecule has 0 saturated heterocycles. The van der Waals surface area contributed by atoms with E-state index in [1.165, 1.54) is 18.4 Å². The average Bonchev–Trinajstić information content (AvgIpc) is 3.25. The molecule has 0 radical (unpaired) electrons. The van der Waals surface area contributed by atoms with E-state index in [0.29, 0.717) is 11.8 Å². The van der Waals surface area contributed by atoms with Crippen LogP contribution < -0.4 is 16.0 Å². The molecule has 4 heterocycles. The molecule has 0 fully saturated rings. The molecule has 0 saturated carbocycles. The maximum atomic E-state index is 4.67. The number of nitrogens with zero attached hydrogens (tertiary/aromatic N) is 5. The Morgan fingerprint density at radius 2 is 1.75 bits per heavy atom. The number of fused-ring (bicyclic) bond motifs is 1. The lowest BCUT2D eigenvalue weighted by molar-refractivity contribution is 0.742. The molecule has 4 rings (SSSR count). The van der Waals surface area contributed by atoms with E-state index in [0.717, 1.165) is 48.8 Å². The van der Waals surface area contributed by atoms with E-state index in [1.54, 1.807) is 6.20 Å². The van der Waals surface area contributed by atoms with Gasteiger partial charge in [-0.1, -0.05) is 33.1 Å². The number of hydrogen-bond donors (Lipinski definition) is 3. The van der Waals surface area contributed by atoms with Gasteiger partial charge in [0.05, 0.1) is 0 Å². The largest absolute Gasteiger partial charge is 0.370 e. The van der Waals surface area contributed by atoms with Gasteiger partial charge in [-0.25, -0.2) is 9.97 Å². The standard InChI is InChI=1S/C24H30N8.2H2/c1-3-5-6-10-25-21-17-22(28-19-9-13-32-14-12-27-23(32)16-19)31-24(30-21)29-20-15-18(7-4-2)8-11-26-20;;/h8-9,11-17H,3-7,10H2,1-2H3,(H3,25,26,28,29,30,31);2*1H. The fourth-order valence-corrected chi connectivity index (χ4v) is 3.49. The number of imidazole rings is 1. The molecule has 8 nitrogen and oxygen atoms in total. The molecular weight excluding hydrogens is 400 g/mol. The molecule has 0 spiro atoms. The second-order valence-corrected chi connectivity index (χ2v) is 7.75. The van der Waals surface area contributed by atoms with Crippen LogP contribution in [0, 0.1) is 0 Å². The lowest BCUT2D eigenvalue weighted by Crippen LogP contribution is -2.08. The van der Waals surface area contributed by atoms with Gasteiger partial charge in [0.25, 0.3) is 0 Å². The third-order valence-electron chi connectivity index (χ3n) is 5.09. The summed E-state index contributed by atoms with van der Waals surface area (Å²) in [5.74, 6) is 2.70. The summed E-state index contributed by atoms with van der Waals surface area (Å²) >= 11 is 0. The van der Waals surface area contributed by atoms with E-state index in [1.807, 2.05) is 53.3 Å². The molecule has 170 valence electrons. The van der Waals surface area contributed by atoms with Gasteiger partial charge in [0.15, 0.2) is 0 Å². The Kier molecular flexibility index (Phi) is 7.12. The van der Waals surface area contributed by atoms with E-state index in [9.17, 15) is 0 Å². The highest BCUT2D eigenvalue weighted by Crippen LogP contribution is 2.22. The van der Waals surface area contributed by atoms with Crippen molar-refractivity contribution in [1.82, 2.24) is 24.3 Å². The van der Waals surface area contributed by atoms with E-state index < -0.39 is 0 Å². The number of unbranched alkanes of at least 4 members (excludes halogenated alkanes) is 2. The third-order valence-corrected chi connectivity index (χ3v) is 5.09. The molecule has 3 N–H and O–H groups in total. The fourth-order valence-electron chi connectivity index (χ4n) is 3.49. The van der Waals surface area contributed by atoms with Crippen LogP contribution in [0.3, 0.4) is 0 Å². The van der Waals surface area contributed by atoms with Crippen LogP contribution in [0.2, 0.25) is 0 Å². The minimum Gasteiger partial charge on any atom is -0.370 e. The van der Waals surface area contributed by atoms with Crippen molar-refractivity contribution >= 4 is 34.7 Å². The Balaban J connectivity index is 0.00000204. The van der Waals surface area contributed by atoms with Gasteiger partial charge in [0.1, 0.15) is 23.1 Å². The van der Waals surface area contributed by atoms with Crippen molar-refractivity contribution in [3.8, 4) is 0 Å². The fraction of sp³-hybridized carbons (Fsp3) is 0.333. The lowest BCUT2D eigenvalue weighted by Gasteiger charge is -2.13. The van der Waals surface area contributed by atoms with Crippen LogP contribution in [-0.4, -0.2) is 30.9 Å². The smallest absolute Gasteiger partial charge is 0.232 e. The molecule has 0 atom stereocenters. The predicted molar refractivity (Wildman–Crippen MR) is 134 cm³/mol. The lowest BCUT2D eigenvalue weighted by atomic mass is 10.1. The summed E-state index contributed by atoms with van der Waals surface area (Å²) in [4.78, 5) is 18.1. The Hall–Kier alpha value is -3.68. The first-order valence-corrected chi connectivity index (χ1v) is 11.3. The molecule has 8 heteroatoms. The van der Waals surface area contributed by atoms with Crippen molar-refractivity contribution in [2.75, 3.05) is 22.5 Å². The highest BCUT2D eigenvalue weighted by Gasteiger charge is 2.08. The van der Waals surface area contributed by atoms with Crippen LogP contribution in [0.25, 0.3) is 5.65 Å². The van der Waals surface area contributed by atoms with Crippen LogP contribution in [0.4, 0.5) is 29.1 Å². The number of aryl methyl sites for hydroxylation is 1. The second-order valence-electron chi connectivity index (χ2n) is 7.75. The van der Waals surface area contributed by atoms with Gasteiger partial charge in [-0.2, -0.15) is 9.97 Å². The molecule has 0 bridgehead atoms. The first-order chi connectivity index (χ1) is 15.7. The molecule has 0 aliphatic rings. The summed E-state index contributed by atoms with van der Waals surface area (Å²) in [7, 11) is 0. The highest BCUT2D eigenvalue weighted by atomic mass is 15.2. The quantitative estimate of drug-likeness (QED) is 0.247. The molecule has 0 aromatic carbocycles. The topological polar surface area (TPSA) is 92.1 Å². The second kappa shape index (κ2) is 10.6. The van der Waals surface area contributed by atoms with Crippen LogP contribution in [0.15, 0.2) is 55.1 Å². The summed E-state index contributed by atoms with van der Waals surface area (Å²) in [5, 5.41) is 10.1. The van der Waals surface area contributed by atoms with Gasteiger partial charge in [0, 0.05) is 52.0 Å². The summed E-state index contributed by atoms with van der Waals surface area (Å²) < 4.78 is 1.97. The number of hydrogen-bond acceptors (Lipinski definition) is 7. The number of rotatable bonds is 11. The molecule has 4 aromatic rings. The zero-order valence-electron chi connectivity index (χ0n) is 18.7. The number of nitrogens with one attached hydrogen (secondary N) is 3. The first-order valence-electron chi connectivity index (χ1n) is 11.3. The summed E-state index contributed by atoms with van der Waals surface area (Å²) in [6.45, 7) is 5.24. The number of aromatic nitrogens is 5. The van der Waals surface area contributed by atoms with Crippen LogP contribution in [0.5, 0.6) is 0 Å². The van der Waals surface area contributed by atoms with Crippen LogP contribution in [0.1, 0.15) is 47.9 Å². The molecule has 0 amide bonds. The molecule has 32 heavy (non-hydrogen) atoms. The van der Waals surface area contributed by atoms with E-state index in [2.05, 4.69) is 49.7 Å². The van der Waals surface area contributed by atoms with Gasteiger partial charge in [-0.3, -0.25) is 0 Å². The van der Waals surface area contributed by atoms with Gasteiger partial charge in [0.2, 0.25) is 5.95 Å². The van der Waals surface area contributed by atoms with Gasteiger partial charge in [-0.05, 0) is 36.6 Å². The number of anilines is 5.